The van der Waals surface area contributed by atoms with Gasteiger partial charge in [-0.05, 0) is 59.9 Å². The lowest BCUT2D eigenvalue weighted by Gasteiger charge is -2.06. The number of fused-ring (bicyclic) bond motifs is 1. The first-order valence-electron chi connectivity index (χ1n) is 8.17. The topological polar surface area (TPSA) is 54.5 Å². The lowest BCUT2D eigenvalue weighted by Crippen LogP contribution is -2.00. The molecule has 4 rings (SSSR count). The van der Waals surface area contributed by atoms with Crippen molar-refractivity contribution in [3.05, 3.63) is 88.0 Å². The first kappa shape index (κ1) is 16.7. The van der Waals surface area contributed by atoms with E-state index in [0.29, 0.717) is 23.6 Å². The molecule has 0 aromatic carbocycles. The van der Waals surface area contributed by atoms with Crippen LogP contribution in [0.15, 0.2) is 42.9 Å². The third-order valence-electron chi connectivity index (χ3n) is 4.23. The summed E-state index contributed by atoms with van der Waals surface area (Å²) in [6.45, 7) is 1.99. The second-order valence-corrected chi connectivity index (χ2v) is 6.66. The molecule has 4 aromatic heterocycles. The molecule has 0 aliphatic rings. The fraction of sp³-hybridized carbons (Fsp3) is 0.150. The quantitative estimate of drug-likeness (QED) is 0.544. The second-order valence-electron chi connectivity index (χ2n) is 6.27. The number of aryl methyl sites for hydroxylation is 1. The van der Waals surface area contributed by atoms with Crippen LogP contribution in [0, 0.1) is 19.1 Å². The number of nitrogens with zero attached hydrogens (tertiary/aromatic N) is 3. The zero-order chi connectivity index (χ0) is 18.1. The molecule has 26 heavy (non-hydrogen) atoms. The average Bonchev–Trinajstić information content (AvgIpc) is 3.00. The highest BCUT2D eigenvalue weighted by Gasteiger charge is 2.11. The van der Waals surface area contributed by atoms with Crippen LogP contribution in [-0.2, 0) is 12.8 Å². The zero-order valence-electron chi connectivity index (χ0n) is 14.1. The van der Waals surface area contributed by atoms with E-state index in [4.69, 9.17) is 11.6 Å². The number of halogens is 2. The van der Waals surface area contributed by atoms with E-state index >= 15 is 0 Å². The van der Waals surface area contributed by atoms with Crippen molar-refractivity contribution in [2.75, 3.05) is 0 Å². The molecular weight excluding hydrogens is 351 g/mol. The van der Waals surface area contributed by atoms with Crippen LogP contribution < -0.4 is 0 Å². The van der Waals surface area contributed by atoms with Gasteiger partial charge in [0.1, 0.15) is 10.8 Å². The maximum atomic E-state index is 14.2. The normalized spacial score (nSPS) is 11.2. The van der Waals surface area contributed by atoms with Gasteiger partial charge in [0.25, 0.3) is 0 Å². The van der Waals surface area contributed by atoms with E-state index in [0.717, 1.165) is 33.3 Å². The molecule has 0 aliphatic carbocycles. The molecule has 0 aliphatic heterocycles. The molecule has 0 fully saturated rings. The number of pyridine rings is 3. The molecule has 0 amide bonds. The molecule has 129 valence electrons. The first-order valence-corrected chi connectivity index (χ1v) is 8.55. The lowest BCUT2D eigenvalue weighted by atomic mass is 10.0. The molecule has 0 spiro atoms. The van der Waals surface area contributed by atoms with Crippen LogP contribution in [0.25, 0.3) is 11.0 Å². The Morgan fingerprint density at radius 2 is 2.04 bits per heavy atom. The van der Waals surface area contributed by atoms with Crippen molar-refractivity contribution in [2.45, 2.75) is 19.8 Å². The maximum Gasteiger partial charge on any atom is 0.217 e. The van der Waals surface area contributed by atoms with Gasteiger partial charge in [-0.1, -0.05) is 11.6 Å². The Hall–Kier alpha value is -2.79. The largest absolute Gasteiger partial charge is 0.346 e. The van der Waals surface area contributed by atoms with Crippen molar-refractivity contribution in [2.24, 2.45) is 0 Å². The molecule has 6 heteroatoms. The van der Waals surface area contributed by atoms with Gasteiger partial charge in [-0.3, -0.25) is 0 Å². The highest BCUT2D eigenvalue weighted by molar-refractivity contribution is 6.29. The second kappa shape index (κ2) is 6.84. The van der Waals surface area contributed by atoms with Crippen molar-refractivity contribution in [1.29, 1.82) is 0 Å². The molecule has 1 N–H and O–H groups in total. The summed E-state index contributed by atoms with van der Waals surface area (Å²) in [6.07, 6.45) is 9.09. The monoisotopic (exact) mass is 365 g/mol. The van der Waals surface area contributed by atoms with Crippen LogP contribution >= 0.6 is 11.6 Å². The number of aromatic amines is 1. The van der Waals surface area contributed by atoms with Gasteiger partial charge in [-0.25, -0.2) is 15.0 Å². The molecule has 0 saturated heterocycles. The summed E-state index contributed by atoms with van der Waals surface area (Å²) in [6, 6.07) is 7.51. The molecule has 0 unspecified atom stereocenters. The summed E-state index contributed by atoms with van der Waals surface area (Å²) in [5.41, 5.74) is 5.16. The van der Waals surface area contributed by atoms with Crippen LogP contribution in [-0.4, -0.2) is 19.9 Å². The minimum absolute atomic E-state index is 0.430. The summed E-state index contributed by atoms with van der Waals surface area (Å²) in [5, 5.41) is 1.43. The van der Waals surface area contributed by atoms with Crippen molar-refractivity contribution in [3.8, 4) is 0 Å². The van der Waals surface area contributed by atoms with Gasteiger partial charge >= 0.3 is 0 Å². The van der Waals surface area contributed by atoms with Crippen LogP contribution in [0.3, 0.4) is 0 Å². The van der Waals surface area contributed by atoms with Gasteiger partial charge in [0.05, 0.1) is 6.20 Å². The van der Waals surface area contributed by atoms with E-state index < -0.39 is 5.95 Å². The standard InChI is InChI=1S/C20H15ClFN4/c1-12-4-17-16(11-26-20(17)25-9-12)8-15-6-14(10-24-19(15)22)5-13-2-3-23-18(21)7-13/h2-4,6-7,9,11H,5,8H2,1H3,(H,25,26). The van der Waals surface area contributed by atoms with Gasteiger partial charge in [0.2, 0.25) is 5.95 Å². The third-order valence-corrected chi connectivity index (χ3v) is 4.44. The van der Waals surface area contributed by atoms with Gasteiger partial charge in [0, 0.05) is 36.0 Å². The Labute approximate surface area is 155 Å². The van der Waals surface area contributed by atoms with Crippen molar-refractivity contribution in [3.63, 3.8) is 0 Å². The minimum Gasteiger partial charge on any atom is -0.346 e. The highest BCUT2D eigenvalue weighted by atomic mass is 35.5. The van der Waals surface area contributed by atoms with E-state index in [1.807, 2.05) is 19.2 Å². The molecule has 4 heterocycles. The van der Waals surface area contributed by atoms with Crippen molar-refractivity contribution < 1.29 is 4.39 Å². The number of hydrogen-bond donors (Lipinski definition) is 1. The fourth-order valence-corrected chi connectivity index (χ4v) is 3.19. The van der Waals surface area contributed by atoms with E-state index in [9.17, 15) is 4.39 Å². The lowest BCUT2D eigenvalue weighted by molar-refractivity contribution is 0.568. The Balaban J connectivity index is 1.64. The molecule has 0 saturated carbocycles. The van der Waals surface area contributed by atoms with Gasteiger partial charge in [0.15, 0.2) is 0 Å². The zero-order valence-corrected chi connectivity index (χ0v) is 14.8. The number of nitrogens with one attached hydrogen (secondary N) is 1. The molecule has 1 radical (unpaired) electrons. The SMILES string of the molecule is Cc1cnc2[nH]cc(Cc3cc(Cc4ccnc(Cl)c4)[c]nc3F)c2c1. The van der Waals surface area contributed by atoms with Crippen molar-refractivity contribution in [1.82, 2.24) is 19.9 Å². The predicted molar refractivity (Wildman–Crippen MR) is 98.7 cm³/mol. The summed E-state index contributed by atoms with van der Waals surface area (Å²) in [4.78, 5) is 15.3. The molecule has 0 bridgehead atoms. The maximum absolute atomic E-state index is 14.2. The van der Waals surface area contributed by atoms with Gasteiger partial charge < -0.3 is 4.98 Å². The summed E-state index contributed by atoms with van der Waals surface area (Å²) in [5.74, 6) is -0.503. The number of H-pyrrole nitrogens is 1. The van der Waals surface area contributed by atoms with Gasteiger partial charge in [-0.15, -0.1) is 0 Å². The number of hydrogen-bond acceptors (Lipinski definition) is 3. The first-order chi connectivity index (χ1) is 12.6. The Morgan fingerprint density at radius 3 is 2.88 bits per heavy atom. The van der Waals surface area contributed by atoms with Crippen LogP contribution in [0.2, 0.25) is 5.15 Å². The van der Waals surface area contributed by atoms with E-state index in [2.05, 4.69) is 32.2 Å². The average molecular weight is 366 g/mol. The van der Waals surface area contributed by atoms with E-state index in [1.165, 1.54) is 0 Å². The molecule has 4 nitrogen and oxygen atoms in total. The Kier molecular flexibility index (Phi) is 4.39. The minimum atomic E-state index is -0.503. The number of aromatic nitrogens is 4. The van der Waals surface area contributed by atoms with Crippen LogP contribution in [0.5, 0.6) is 0 Å². The van der Waals surface area contributed by atoms with Gasteiger partial charge in [-0.2, -0.15) is 4.39 Å². The molecule has 0 atom stereocenters. The number of rotatable bonds is 4. The molecular formula is C20H15ClFN4. The summed E-state index contributed by atoms with van der Waals surface area (Å²) in [7, 11) is 0. The smallest absolute Gasteiger partial charge is 0.217 e. The predicted octanol–water partition coefficient (Wildman–Crippen LogP) is 4.44. The molecule has 4 aromatic rings. The highest BCUT2D eigenvalue weighted by Crippen LogP contribution is 2.22. The summed E-state index contributed by atoms with van der Waals surface area (Å²) < 4.78 is 14.2. The summed E-state index contributed by atoms with van der Waals surface area (Å²) >= 11 is 5.92. The Bertz CT molecular complexity index is 1090. The van der Waals surface area contributed by atoms with E-state index in [-0.39, 0.29) is 0 Å². The van der Waals surface area contributed by atoms with Crippen LogP contribution in [0.4, 0.5) is 4.39 Å². The fourth-order valence-electron chi connectivity index (χ4n) is 3.00. The third kappa shape index (κ3) is 3.44. The Morgan fingerprint density at radius 1 is 1.15 bits per heavy atom. The van der Waals surface area contributed by atoms with Crippen LogP contribution in [0.1, 0.15) is 27.8 Å². The van der Waals surface area contributed by atoms with Crippen molar-refractivity contribution >= 4 is 22.6 Å². The van der Waals surface area contributed by atoms with E-state index in [1.54, 1.807) is 24.5 Å².